The lowest BCUT2D eigenvalue weighted by molar-refractivity contribution is -0.136. The number of carboxylic acid groups (broad SMARTS) is 1. The molecule has 0 radical (unpaired) electrons. The van der Waals surface area contributed by atoms with Gasteiger partial charge >= 0.3 is 5.97 Å². The molecule has 0 fully saturated rings. The van der Waals surface area contributed by atoms with Crippen molar-refractivity contribution < 1.29 is 19.4 Å². The molecule has 2 aromatic rings. The smallest absolute Gasteiger partial charge is 0.307 e. The Kier molecular flexibility index (Phi) is 5.12. The van der Waals surface area contributed by atoms with E-state index in [9.17, 15) is 9.59 Å². The Morgan fingerprint density at radius 3 is 2.46 bits per heavy atom. The summed E-state index contributed by atoms with van der Waals surface area (Å²) in [5, 5.41) is 12.2. The van der Waals surface area contributed by atoms with E-state index in [1.165, 1.54) is 12.1 Å². The van der Waals surface area contributed by atoms with Gasteiger partial charge < -0.3 is 15.2 Å². The lowest BCUT2D eigenvalue weighted by atomic mass is 9.90. The molecule has 0 saturated carbocycles. The number of carbonyl (C=O) groups is 2. The first-order chi connectivity index (χ1) is 12.3. The minimum Gasteiger partial charge on any atom is -0.481 e. The fourth-order valence-corrected chi connectivity index (χ4v) is 3.70. The normalized spacial score (nSPS) is 15.7. The van der Waals surface area contributed by atoms with Crippen LogP contribution in [-0.2, 0) is 16.0 Å². The number of benzene rings is 2. The third-order valence-electron chi connectivity index (χ3n) is 4.20. The van der Waals surface area contributed by atoms with Gasteiger partial charge in [-0.05, 0) is 47.4 Å². The number of anilines is 1. The van der Waals surface area contributed by atoms with Crippen molar-refractivity contribution in [1.29, 1.82) is 0 Å². The molecule has 7 heteroatoms. The molecule has 3 rings (SSSR count). The predicted molar refractivity (Wildman–Crippen MR) is 101 cm³/mol. The van der Waals surface area contributed by atoms with E-state index in [1.807, 2.05) is 13.8 Å². The maximum Gasteiger partial charge on any atom is 0.307 e. The average molecular weight is 394 g/mol. The molecule has 2 N–H and O–H groups in total. The molecule has 0 bridgehead atoms. The standard InChI is InChI=1S/C19H17Cl2NO4/c1-9(2)17-12-8-11(3-4-15(12)22-19(17)25)26-18-13(20)5-10(6-14(18)21)7-16(23)24/h3-6,8-9,17H,7H2,1-2H3,(H,22,25)(H,23,24). The van der Waals surface area contributed by atoms with Gasteiger partial charge in [0, 0.05) is 5.69 Å². The highest BCUT2D eigenvalue weighted by Crippen LogP contribution is 2.42. The van der Waals surface area contributed by atoms with Crippen molar-refractivity contribution in [2.24, 2.45) is 5.92 Å². The summed E-state index contributed by atoms with van der Waals surface area (Å²) in [4.78, 5) is 23.0. The van der Waals surface area contributed by atoms with Gasteiger partial charge in [0.05, 0.1) is 22.4 Å². The molecule has 1 heterocycles. The SMILES string of the molecule is CC(C)C1C(=O)Nc2ccc(Oc3c(Cl)cc(CC(=O)O)cc3Cl)cc21. The van der Waals surface area contributed by atoms with Crippen molar-refractivity contribution in [3.63, 3.8) is 0 Å². The number of fused-ring (bicyclic) bond motifs is 1. The number of aliphatic carboxylic acids is 1. The van der Waals surface area contributed by atoms with Gasteiger partial charge in [-0.1, -0.05) is 37.0 Å². The van der Waals surface area contributed by atoms with Crippen LogP contribution >= 0.6 is 23.2 Å². The zero-order valence-corrected chi connectivity index (χ0v) is 15.7. The van der Waals surface area contributed by atoms with Crippen molar-refractivity contribution in [2.75, 3.05) is 5.32 Å². The van der Waals surface area contributed by atoms with Gasteiger partial charge in [-0.15, -0.1) is 0 Å². The van der Waals surface area contributed by atoms with Crippen molar-refractivity contribution in [3.8, 4) is 11.5 Å². The Bertz CT molecular complexity index is 872. The van der Waals surface area contributed by atoms with Crippen LogP contribution in [0.25, 0.3) is 0 Å². The third kappa shape index (κ3) is 3.64. The van der Waals surface area contributed by atoms with Crippen LogP contribution in [0.4, 0.5) is 5.69 Å². The van der Waals surface area contributed by atoms with Gasteiger partial charge in [-0.3, -0.25) is 9.59 Å². The van der Waals surface area contributed by atoms with Gasteiger partial charge in [0.1, 0.15) is 5.75 Å². The van der Waals surface area contributed by atoms with Crippen molar-refractivity contribution in [3.05, 3.63) is 51.5 Å². The van der Waals surface area contributed by atoms with Crippen molar-refractivity contribution in [1.82, 2.24) is 0 Å². The number of halogens is 2. The van der Waals surface area contributed by atoms with E-state index in [0.29, 0.717) is 11.3 Å². The Morgan fingerprint density at radius 2 is 1.88 bits per heavy atom. The van der Waals surface area contributed by atoms with E-state index in [2.05, 4.69) is 5.32 Å². The quantitative estimate of drug-likeness (QED) is 0.740. The first kappa shape index (κ1) is 18.5. The summed E-state index contributed by atoms with van der Waals surface area (Å²) in [6, 6.07) is 8.35. The topological polar surface area (TPSA) is 75.6 Å². The highest BCUT2D eigenvalue weighted by Gasteiger charge is 2.33. The van der Waals surface area contributed by atoms with Gasteiger partial charge in [-0.2, -0.15) is 0 Å². The number of rotatable bonds is 5. The van der Waals surface area contributed by atoms with Crippen molar-refractivity contribution in [2.45, 2.75) is 26.2 Å². The Morgan fingerprint density at radius 1 is 1.23 bits per heavy atom. The molecular formula is C19H17Cl2NO4. The first-order valence-corrected chi connectivity index (χ1v) is 8.84. The summed E-state index contributed by atoms with van der Waals surface area (Å²) in [5.41, 5.74) is 2.13. The summed E-state index contributed by atoms with van der Waals surface area (Å²) in [7, 11) is 0. The van der Waals surface area contributed by atoms with Gasteiger partial charge in [0.2, 0.25) is 5.91 Å². The molecule has 26 heavy (non-hydrogen) atoms. The molecule has 136 valence electrons. The fourth-order valence-electron chi connectivity index (χ4n) is 3.09. The number of ether oxygens (including phenoxy) is 1. The van der Waals surface area contributed by atoms with Gasteiger partial charge in [0.15, 0.2) is 5.75 Å². The summed E-state index contributed by atoms with van der Waals surface area (Å²) < 4.78 is 5.84. The zero-order valence-electron chi connectivity index (χ0n) is 14.2. The van der Waals surface area contributed by atoms with Gasteiger partial charge in [-0.25, -0.2) is 0 Å². The molecule has 1 unspecified atom stereocenters. The zero-order chi connectivity index (χ0) is 19.0. The molecule has 1 aliphatic rings. The van der Waals surface area contributed by atoms with E-state index in [1.54, 1.807) is 18.2 Å². The van der Waals surface area contributed by atoms with Crippen molar-refractivity contribution >= 4 is 40.8 Å². The number of hydrogen-bond donors (Lipinski definition) is 2. The van der Waals surface area contributed by atoms with E-state index < -0.39 is 5.97 Å². The molecular weight excluding hydrogens is 377 g/mol. The Balaban J connectivity index is 1.91. The minimum absolute atomic E-state index is 0.0266. The van der Waals surface area contributed by atoms with Crippen LogP contribution < -0.4 is 10.1 Å². The van der Waals surface area contributed by atoms with E-state index in [4.69, 9.17) is 33.0 Å². The second-order valence-corrected chi connectivity index (χ2v) is 7.34. The third-order valence-corrected chi connectivity index (χ3v) is 4.76. The molecule has 1 aliphatic heterocycles. The van der Waals surface area contributed by atoms with Crippen LogP contribution in [0, 0.1) is 5.92 Å². The second kappa shape index (κ2) is 7.17. The summed E-state index contributed by atoms with van der Waals surface area (Å²) in [6.45, 7) is 3.98. The minimum atomic E-state index is -0.971. The number of carboxylic acids is 1. The van der Waals surface area contributed by atoms with E-state index in [-0.39, 0.29) is 40.0 Å². The maximum atomic E-state index is 12.1. The van der Waals surface area contributed by atoms with Crippen LogP contribution in [-0.4, -0.2) is 17.0 Å². The molecule has 0 aromatic heterocycles. The molecule has 5 nitrogen and oxygen atoms in total. The lowest BCUT2D eigenvalue weighted by Crippen LogP contribution is -2.16. The molecule has 0 aliphatic carbocycles. The molecule has 0 spiro atoms. The number of hydrogen-bond acceptors (Lipinski definition) is 3. The molecule has 1 amide bonds. The summed E-state index contributed by atoms with van der Waals surface area (Å²) in [5.74, 6) is -0.338. The number of amides is 1. The number of nitrogens with one attached hydrogen (secondary N) is 1. The second-order valence-electron chi connectivity index (χ2n) is 6.52. The highest BCUT2D eigenvalue weighted by atomic mass is 35.5. The highest BCUT2D eigenvalue weighted by molar-refractivity contribution is 6.37. The van der Waals surface area contributed by atoms with Crippen LogP contribution in [0.5, 0.6) is 11.5 Å². The van der Waals surface area contributed by atoms with E-state index >= 15 is 0 Å². The van der Waals surface area contributed by atoms with Crippen LogP contribution in [0.15, 0.2) is 30.3 Å². The van der Waals surface area contributed by atoms with Crippen LogP contribution in [0.3, 0.4) is 0 Å². The predicted octanol–water partition coefficient (Wildman–Crippen LogP) is 5.10. The Labute approximate surface area is 160 Å². The monoisotopic (exact) mass is 393 g/mol. The fraction of sp³-hybridized carbons (Fsp3) is 0.263. The molecule has 2 aromatic carbocycles. The van der Waals surface area contributed by atoms with Crippen LogP contribution in [0.2, 0.25) is 10.0 Å². The first-order valence-electron chi connectivity index (χ1n) is 8.08. The largest absolute Gasteiger partial charge is 0.481 e. The average Bonchev–Trinajstić information content (AvgIpc) is 2.85. The number of carbonyl (C=O) groups excluding carboxylic acids is 1. The lowest BCUT2D eigenvalue weighted by Gasteiger charge is -2.15. The Hall–Kier alpha value is -2.24. The molecule has 1 atom stereocenters. The summed E-state index contributed by atoms with van der Waals surface area (Å²) >= 11 is 12.4. The van der Waals surface area contributed by atoms with Gasteiger partial charge in [0.25, 0.3) is 0 Å². The maximum absolute atomic E-state index is 12.1. The van der Waals surface area contributed by atoms with Crippen LogP contribution in [0.1, 0.15) is 30.9 Å². The van der Waals surface area contributed by atoms with E-state index in [0.717, 1.165) is 11.3 Å². The summed E-state index contributed by atoms with van der Waals surface area (Å²) in [6.07, 6.45) is -0.178. The molecule has 0 saturated heterocycles.